The number of aromatic nitrogens is 2. The smallest absolute Gasteiger partial charge is 0.255 e. The van der Waals surface area contributed by atoms with Crippen LogP contribution in [0.4, 0.5) is 10.1 Å². The number of thioether (sulfide) groups is 1. The van der Waals surface area contributed by atoms with E-state index in [1.807, 2.05) is 18.2 Å². The third kappa shape index (κ3) is 5.28. The Labute approximate surface area is 192 Å². The van der Waals surface area contributed by atoms with Gasteiger partial charge in [0.05, 0.1) is 11.4 Å². The molecule has 0 aliphatic rings. The molecule has 156 valence electrons. The zero-order valence-corrected chi connectivity index (χ0v) is 19.0. The van der Waals surface area contributed by atoms with Crippen LogP contribution in [0.3, 0.4) is 0 Å². The Kier molecular flexibility index (Phi) is 6.60. The molecule has 1 N–H and O–H groups in total. The Hall–Kier alpha value is -2.81. The van der Waals surface area contributed by atoms with Crippen molar-refractivity contribution >= 4 is 46.9 Å². The van der Waals surface area contributed by atoms with Gasteiger partial charge in [-0.15, -0.1) is 5.10 Å². The van der Waals surface area contributed by atoms with E-state index in [1.165, 1.54) is 23.0 Å². The van der Waals surface area contributed by atoms with Crippen molar-refractivity contribution in [2.45, 2.75) is 17.0 Å². The third-order valence-corrected chi connectivity index (χ3v) is 6.92. The molecule has 0 saturated carbocycles. The predicted octanol–water partition coefficient (Wildman–Crippen LogP) is 6.66. The Morgan fingerprint density at radius 3 is 2.58 bits per heavy atom. The van der Waals surface area contributed by atoms with E-state index in [1.54, 1.807) is 59.8 Å². The molecule has 0 saturated heterocycles. The van der Waals surface area contributed by atoms with Crippen molar-refractivity contribution in [3.05, 3.63) is 99.3 Å². The lowest BCUT2D eigenvalue weighted by Gasteiger charge is -2.08. The van der Waals surface area contributed by atoms with Gasteiger partial charge in [-0.2, -0.15) is 0 Å². The first kappa shape index (κ1) is 21.4. The number of anilines is 1. The van der Waals surface area contributed by atoms with Crippen LogP contribution >= 0.6 is 35.3 Å². The summed E-state index contributed by atoms with van der Waals surface area (Å²) < 4.78 is 17.2. The Morgan fingerprint density at radius 1 is 1.13 bits per heavy atom. The molecule has 3 aromatic carbocycles. The molecule has 1 aromatic heterocycles. The molecule has 0 aliphatic carbocycles. The highest BCUT2D eigenvalue weighted by molar-refractivity contribution is 8.00. The lowest BCUT2D eigenvalue weighted by Crippen LogP contribution is -2.13. The van der Waals surface area contributed by atoms with Gasteiger partial charge >= 0.3 is 0 Å². The fraction of sp³-hybridized carbons (Fsp3) is 0.0870. The minimum Gasteiger partial charge on any atom is -0.319 e. The standard InChI is InChI=1S/C23H18FN3OS3/c1-15-7-12-20(19(24)13-15)25-21(28)17-8-10-18(11-9-17)27-23(29)31-22(26-27)30-14-16-5-3-2-4-6-16/h2-13H,14H2,1H3,(H,25,28). The van der Waals surface area contributed by atoms with Crippen molar-refractivity contribution in [2.75, 3.05) is 5.32 Å². The van der Waals surface area contributed by atoms with E-state index >= 15 is 0 Å². The van der Waals surface area contributed by atoms with E-state index in [0.29, 0.717) is 9.52 Å². The number of hydrogen-bond acceptors (Lipinski definition) is 5. The summed E-state index contributed by atoms with van der Waals surface area (Å²) in [5.74, 6) is -0.0211. The molecular weight excluding hydrogens is 449 g/mol. The van der Waals surface area contributed by atoms with E-state index in [-0.39, 0.29) is 11.6 Å². The second kappa shape index (κ2) is 9.55. The number of aryl methyl sites for hydroxylation is 1. The van der Waals surface area contributed by atoms with Crippen molar-refractivity contribution in [3.8, 4) is 5.69 Å². The molecule has 0 unspecified atom stereocenters. The summed E-state index contributed by atoms with van der Waals surface area (Å²) in [4.78, 5) is 12.5. The van der Waals surface area contributed by atoms with Crippen LogP contribution in [0, 0.1) is 16.7 Å². The summed E-state index contributed by atoms with van der Waals surface area (Å²) in [6.45, 7) is 1.79. The Bertz CT molecular complexity index is 1270. The van der Waals surface area contributed by atoms with E-state index in [2.05, 4.69) is 22.5 Å². The van der Waals surface area contributed by atoms with Crippen LogP contribution in [0.25, 0.3) is 5.69 Å². The van der Waals surface area contributed by atoms with Crippen LogP contribution in [0.1, 0.15) is 21.5 Å². The predicted molar refractivity (Wildman–Crippen MR) is 127 cm³/mol. The first-order valence-electron chi connectivity index (χ1n) is 9.44. The normalized spacial score (nSPS) is 10.8. The fourth-order valence-electron chi connectivity index (χ4n) is 2.87. The molecule has 4 rings (SSSR count). The minimum absolute atomic E-state index is 0.154. The second-order valence-electron chi connectivity index (χ2n) is 6.80. The lowest BCUT2D eigenvalue weighted by atomic mass is 10.1. The molecule has 0 radical (unpaired) electrons. The largest absolute Gasteiger partial charge is 0.319 e. The van der Waals surface area contributed by atoms with Crippen molar-refractivity contribution in [3.63, 3.8) is 0 Å². The van der Waals surface area contributed by atoms with Gasteiger partial charge in [0.15, 0.2) is 8.29 Å². The van der Waals surface area contributed by atoms with Crippen molar-refractivity contribution < 1.29 is 9.18 Å². The van der Waals surface area contributed by atoms with Crippen LogP contribution in [0.5, 0.6) is 0 Å². The molecule has 1 amide bonds. The summed E-state index contributed by atoms with van der Waals surface area (Å²) in [6.07, 6.45) is 0. The molecule has 8 heteroatoms. The number of nitrogens with one attached hydrogen (secondary N) is 1. The second-order valence-corrected chi connectivity index (χ2v) is 9.65. The number of amides is 1. The average molecular weight is 468 g/mol. The van der Waals surface area contributed by atoms with Gasteiger partial charge < -0.3 is 5.32 Å². The number of nitrogens with zero attached hydrogens (tertiary/aromatic N) is 2. The van der Waals surface area contributed by atoms with Crippen molar-refractivity contribution in [2.24, 2.45) is 0 Å². The van der Waals surface area contributed by atoms with Gasteiger partial charge in [-0.1, -0.05) is 59.5 Å². The highest BCUT2D eigenvalue weighted by atomic mass is 32.2. The number of carbonyl (C=O) groups excluding carboxylic acids is 1. The topological polar surface area (TPSA) is 46.9 Å². The fourth-order valence-corrected chi connectivity index (χ4v) is 5.19. The maximum Gasteiger partial charge on any atom is 0.255 e. The van der Waals surface area contributed by atoms with Crippen LogP contribution in [-0.4, -0.2) is 15.7 Å². The van der Waals surface area contributed by atoms with Gasteiger partial charge in [0, 0.05) is 11.3 Å². The number of carbonyl (C=O) groups is 1. The zero-order chi connectivity index (χ0) is 21.8. The summed E-state index contributed by atoms with van der Waals surface area (Å²) in [5, 5.41) is 7.20. The number of halogens is 1. The molecule has 4 aromatic rings. The van der Waals surface area contributed by atoms with E-state index in [4.69, 9.17) is 12.2 Å². The maximum absolute atomic E-state index is 14.0. The van der Waals surface area contributed by atoms with Gasteiger partial charge in [0.1, 0.15) is 5.82 Å². The zero-order valence-electron chi connectivity index (χ0n) is 16.5. The Balaban J connectivity index is 1.46. The third-order valence-electron chi connectivity index (χ3n) is 4.48. The SMILES string of the molecule is Cc1ccc(NC(=O)c2ccc(-n3nc(SCc4ccccc4)sc3=S)cc2)c(F)c1. The first-order chi connectivity index (χ1) is 15.0. The van der Waals surface area contributed by atoms with Gasteiger partial charge in [0.25, 0.3) is 5.91 Å². The molecule has 0 atom stereocenters. The maximum atomic E-state index is 14.0. The molecule has 0 fully saturated rings. The van der Waals surface area contributed by atoms with Gasteiger partial charge in [-0.3, -0.25) is 4.79 Å². The molecule has 0 bridgehead atoms. The average Bonchev–Trinajstić information content (AvgIpc) is 3.15. The molecule has 0 aliphatic heterocycles. The van der Waals surface area contributed by atoms with Crippen LogP contribution < -0.4 is 5.32 Å². The summed E-state index contributed by atoms with van der Waals surface area (Å²) in [5.41, 5.74) is 3.36. The first-order valence-corrected chi connectivity index (χ1v) is 11.7. The highest BCUT2D eigenvalue weighted by Gasteiger charge is 2.11. The molecule has 1 heterocycles. The van der Waals surface area contributed by atoms with Crippen LogP contribution in [-0.2, 0) is 5.75 Å². The van der Waals surface area contributed by atoms with Crippen molar-refractivity contribution in [1.29, 1.82) is 0 Å². The van der Waals surface area contributed by atoms with Crippen LogP contribution in [0.2, 0.25) is 0 Å². The van der Waals surface area contributed by atoms with Gasteiger partial charge in [0.2, 0.25) is 0 Å². The van der Waals surface area contributed by atoms with Crippen LogP contribution in [0.15, 0.2) is 77.1 Å². The lowest BCUT2D eigenvalue weighted by molar-refractivity contribution is 0.102. The molecular formula is C23H18FN3OS3. The molecule has 4 nitrogen and oxygen atoms in total. The molecule has 31 heavy (non-hydrogen) atoms. The van der Waals surface area contributed by atoms with E-state index in [9.17, 15) is 9.18 Å². The van der Waals surface area contributed by atoms with E-state index < -0.39 is 5.82 Å². The summed E-state index contributed by atoms with van der Waals surface area (Å²) >= 11 is 8.55. The van der Waals surface area contributed by atoms with Crippen molar-refractivity contribution in [1.82, 2.24) is 9.78 Å². The van der Waals surface area contributed by atoms with Gasteiger partial charge in [-0.25, -0.2) is 9.07 Å². The van der Waals surface area contributed by atoms with Gasteiger partial charge in [-0.05, 0) is 66.7 Å². The monoisotopic (exact) mass is 467 g/mol. The number of rotatable bonds is 6. The molecule has 0 spiro atoms. The highest BCUT2D eigenvalue weighted by Crippen LogP contribution is 2.27. The minimum atomic E-state index is -0.459. The number of hydrogen-bond donors (Lipinski definition) is 1. The number of benzene rings is 3. The Morgan fingerprint density at radius 2 is 1.87 bits per heavy atom. The summed E-state index contributed by atoms with van der Waals surface area (Å²) in [7, 11) is 0. The summed E-state index contributed by atoms with van der Waals surface area (Å²) in [6, 6.07) is 21.8. The quantitative estimate of drug-likeness (QED) is 0.255. The van der Waals surface area contributed by atoms with E-state index in [0.717, 1.165) is 21.3 Å².